The molecule has 0 bridgehead atoms. The first-order chi connectivity index (χ1) is 11.7. The zero-order valence-corrected chi connectivity index (χ0v) is 14.2. The number of nitrogens with one attached hydrogen (secondary N) is 2. The molecule has 1 aliphatic heterocycles. The van der Waals surface area contributed by atoms with Crippen molar-refractivity contribution >= 4 is 27.4 Å². The number of hydrogen-bond donors (Lipinski definition) is 2. The Kier molecular flexibility index (Phi) is 4.03. The molecule has 0 unspecified atom stereocenters. The van der Waals surface area contributed by atoms with Gasteiger partial charge in [0.15, 0.2) is 5.13 Å². The highest BCUT2D eigenvalue weighted by Crippen LogP contribution is 2.31. The standard InChI is InChI=1S/C17H18N4O2S/c1-10-19-14-8-11(2-3-13(14)16(22)20-10)15-9-18-17(24-15)21-12-4-6-23-7-5-12/h2-3,8-9,12H,4-7H2,1H3,(H,18,21)(H,19,20,22). The smallest absolute Gasteiger partial charge is 0.258 e. The van der Waals surface area contributed by atoms with Crippen molar-refractivity contribution in [1.29, 1.82) is 0 Å². The third-order valence-corrected chi connectivity index (χ3v) is 5.14. The van der Waals surface area contributed by atoms with Gasteiger partial charge in [0.1, 0.15) is 5.82 Å². The number of thiazole rings is 1. The Hall–Kier alpha value is -2.25. The van der Waals surface area contributed by atoms with E-state index in [1.54, 1.807) is 18.3 Å². The van der Waals surface area contributed by atoms with Crippen LogP contribution in [0.15, 0.2) is 29.2 Å². The predicted molar refractivity (Wildman–Crippen MR) is 95.7 cm³/mol. The molecule has 0 atom stereocenters. The Balaban J connectivity index is 1.61. The second kappa shape index (κ2) is 6.33. The number of hydrogen-bond acceptors (Lipinski definition) is 6. The molecule has 0 spiro atoms. The maximum Gasteiger partial charge on any atom is 0.258 e. The molecule has 124 valence electrons. The van der Waals surface area contributed by atoms with E-state index in [9.17, 15) is 4.79 Å². The normalized spacial score (nSPS) is 15.7. The maximum atomic E-state index is 11.9. The van der Waals surface area contributed by atoms with Gasteiger partial charge in [-0.05, 0) is 37.5 Å². The van der Waals surface area contributed by atoms with Crippen molar-refractivity contribution in [2.24, 2.45) is 0 Å². The van der Waals surface area contributed by atoms with Crippen LogP contribution in [0.5, 0.6) is 0 Å². The lowest BCUT2D eigenvalue weighted by Gasteiger charge is -2.22. The van der Waals surface area contributed by atoms with Crippen LogP contribution in [0.3, 0.4) is 0 Å². The van der Waals surface area contributed by atoms with Gasteiger partial charge in [0.25, 0.3) is 5.56 Å². The number of fused-ring (bicyclic) bond motifs is 1. The fourth-order valence-electron chi connectivity index (χ4n) is 2.90. The van der Waals surface area contributed by atoms with Crippen molar-refractivity contribution in [2.75, 3.05) is 18.5 Å². The van der Waals surface area contributed by atoms with E-state index in [4.69, 9.17) is 4.74 Å². The number of ether oxygens (including phenoxy) is 1. The quantitative estimate of drug-likeness (QED) is 0.765. The summed E-state index contributed by atoms with van der Waals surface area (Å²) < 4.78 is 5.38. The summed E-state index contributed by atoms with van der Waals surface area (Å²) >= 11 is 1.62. The third-order valence-electron chi connectivity index (χ3n) is 4.16. The first kappa shape index (κ1) is 15.3. The predicted octanol–water partition coefficient (Wildman–Crippen LogP) is 2.95. The van der Waals surface area contributed by atoms with Crippen LogP contribution >= 0.6 is 11.3 Å². The van der Waals surface area contributed by atoms with Gasteiger partial charge in [0, 0.05) is 25.5 Å². The van der Waals surface area contributed by atoms with Gasteiger partial charge in [-0.25, -0.2) is 9.97 Å². The molecule has 1 saturated heterocycles. The van der Waals surface area contributed by atoms with Crippen molar-refractivity contribution < 1.29 is 4.74 Å². The molecule has 6 nitrogen and oxygen atoms in total. The van der Waals surface area contributed by atoms with Gasteiger partial charge in [-0.15, -0.1) is 0 Å². The number of rotatable bonds is 3. The van der Waals surface area contributed by atoms with Crippen molar-refractivity contribution in [2.45, 2.75) is 25.8 Å². The van der Waals surface area contributed by atoms with Crippen LogP contribution in [0.1, 0.15) is 18.7 Å². The zero-order chi connectivity index (χ0) is 16.5. The van der Waals surface area contributed by atoms with E-state index in [0.29, 0.717) is 22.8 Å². The van der Waals surface area contributed by atoms with Crippen molar-refractivity contribution in [1.82, 2.24) is 15.0 Å². The Morgan fingerprint density at radius 3 is 3.00 bits per heavy atom. The van der Waals surface area contributed by atoms with E-state index < -0.39 is 0 Å². The second-order valence-electron chi connectivity index (χ2n) is 5.94. The van der Waals surface area contributed by atoms with Gasteiger partial charge in [-0.3, -0.25) is 4.79 Å². The van der Waals surface area contributed by atoms with Gasteiger partial charge in [0.05, 0.1) is 15.8 Å². The van der Waals surface area contributed by atoms with Crippen LogP contribution in [0, 0.1) is 6.92 Å². The van der Waals surface area contributed by atoms with Crippen LogP contribution in [0.2, 0.25) is 0 Å². The van der Waals surface area contributed by atoms with Crippen LogP contribution < -0.4 is 10.9 Å². The van der Waals surface area contributed by atoms with Gasteiger partial charge in [-0.2, -0.15) is 0 Å². The molecular weight excluding hydrogens is 324 g/mol. The van der Waals surface area contributed by atoms with Crippen LogP contribution in [-0.4, -0.2) is 34.2 Å². The Morgan fingerprint density at radius 2 is 2.17 bits per heavy atom. The summed E-state index contributed by atoms with van der Waals surface area (Å²) in [4.78, 5) is 24.6. The lowest BCUT2D eigenvalue weighted by atomic mass is 10.1. The van der Waals surface area contributed by atoms with E-state index in [1.807, 2.05) is 24.4 Å². The molecule has 3 heterocycles. The Labute approximate surface area is 142 Å². The molecule has 0 radical (unpaired) electrons. The van der Waals surface area contributed by atoms with E-state index >= 15 is 0 Å². The number of aromatic amines is 1. The molecule has 1 aromatic carbocycles. The average molecular weight is 342 g/mol. The third kappa shape index (κ3) is 3.05. The van der Waals surface area contributed by atoms with Crippen LogP contribution in [0.25, 0.3) is 21.3 Å². The number of H-pyrrole nitrogens is 1. The van der Waals surface area contributed by atoms with Crippen molar-refractivity contribution in [3.63, 3.8) is 0 Å². The summed E-state index contributed by atoms with van der Waals surface area (Å²) in [6, 6.07) is 6.14. The maximum absolute atomic E-state index is 11.9. The minimum atomic E-state index is -0.102. The Bertz CT molecular complexity index is 928. The summed E-state index contributed by atoms with van der Waals surface area (Å²) in [5.74, 6) is 0.621. The van der Waals surface area contributed by atoms with Crippen LogP contribution in [-0.2, 0) is 4.74 Å². The monoisotopic (exact) mass is 342 g/mol. The Morgan fingerprint density at radius 1 is 1.33 bits per heavy atom. The molecule has 1 fully saturated rings. The van der Waals surface area contributed by atoms with E-state index in [0.717, 1.165) is 41.6 Å². The van der Waals surface area contributed by atoms with Crippen LogP contribution in [0.4, 0.5) is 5.13 Å². The van der Waals surface area contributed by atoms with Crippen molar-refractivity contribution in [3.05, 3.63) is 40.6 Å². The fourth-order valence-corrected chi connectivity index (χ4v) is 3.79. The average Bonchev–Trinajstić information content (AvgIpc) is 3.03. The molecular formula is C17H18N4O2S. The summed E-state index contributed by atoms with van der Waals surface area (Å²) in [6.07, 6.45) is 3.89. The second-order valence-corrected chi connectivity index (χ2v) is 6.97. The molecule has 7 heteroatoms. The molecule has 1 aliphatic rings. The SMILES string of the molecule is Cc1nc2cc(-c3cnc(NC4CCOCC4)s3)ccc2c(=O)[nH]1. The fraction of sp³-hybridized carbons (Fsp3) is 0.353. The molecule has 2 N–H and O–H groups in total. The number of nitrogens with zero attached hydrogens (tertiary/aromatic N) is 2. The molecule has 2 aromatic heterocycles. The first-order valence-electron chi connectivity index (χ1n) is 8.00. The van der Waals surface area contributed by atoms with E-state index in [2.05, 4.69) is 20.3 Å². The van der Waals surface area contributed by atoms with Gasteiger partial charge in [0.2, 0.25) is 0 Å². The van der Waals surface area contributed by atoms with Gasteiger partial charge in [-0.1, -0.05) is 17.4 Å². The van der Waals surface area contributed by atoms with E-state index in [1.165, 1.54) is 0 Å². The van der Waals surface area contributed by atoms with Crippen molar-refractivity contribution in [3.8, 4) is 10.4 Å². The molecule has 24 heavy (non-hydrogen) atoms. The molecule has 0 saturated carbocycles. The minimum Gasteiger partial charge on any atom is -0.381 e. The highest BCUT2D eigenvalue weighted by Gasteiger charge is 2.15. The number of benzene rings is 1. The highest BCUT2D eigenvalue weighted by atomic mass is 32.1. The van der Waals surface area contributed by atoms with Gasteiger partial charge < -0.3 is 15.0 Å². The summed E-state index contributed by atoms with van der Waals surface area (Å²) in [7, 11) is 0. The first-order valence-corrected chi connectivity index (χ1v) is 8.82. The molecule has 0 aliphatic carbocycles. The largest absolute Gasteiger partial charge is 0.381 e. The lowest BCUT2D eigenvalue weighted by molar-refractivity contribution is 0.0904. The lowest BCUT2D eigenvalue weighted by Crippen LogP contribution is -2.27. The number of anilines is 1. The highest BCUT2D eigenvalue weighted by molar-refractivity contribution is 7.18. The topological polar surface area (TPSA) is 79.9 Å². The van der Waals surface area contributed by atoms with E-state index in [-0.39, 0.29) is 5.56 Å². The number of aromatic nitrogens is 3. The molecule has 0 amide bonds. The summed E-state index contributed by atoms with van der Waals surface area (Å²) in [6.45, 7) is 3.40. The molecule has 4 rings (SSSR count). The van der Waals surface area contributed by atoms with Gasteiger partial charge >= 0.3 is 0 Å². The summed E-state index contributed by atoms with van der Waals surface area (Å²) in [5.41, 5.74) is 1.63. The zero-order valence-electron chi connectivity index (χ0n) is 13.3. The molecule has 3 aromatic rings. The minimum absolute atomic E-state index is 0.102. The summed E-state index contributed by atoms with van der Waals surface area (Å²) in [5, 5.41) is 5.01. The number of aryl methyl sites for hydroxylation is 1.